The van der Waals surface area contributed by atoms with Crippen LogP contribution in [0.2, 0.25) is 0 Å². The van der Waals surface area contributed by atoms with Crippen molar-refractivity contribution in [3.8, 4) is 5.75 Å². The zero-order chi connectivity index (χ0) is 22.8. The Hall–Kier alpha value is -3.72. The number of nitro groups is 1. The molecular weight excluding hydrogens is 418 g/mol. The Bertz CT molecular complexity index is 1260. The number of sulfonamides is 1. The fourth-order valence-corrected chi connectivity index (χ4v) is 4.34. The lowest BCUT2D eigenvalue weighted by atomic mass is 10.1. The summed E-state index contributed by atoms with van der Waals surface area (Å²) >= 11 is 0. The van der Waals surface area contributed by atoms with Gasteiger partial charge in [-0.25, -0.2) is 8.42 Å². The van der Waals surface area contributed by atoms with E-state index in [2.05, 4.69) is 9.71 Å². The molecule has 0 aliphatic rings. The minimum absolute atomic E-state index is 0.0608. The highest BCUT2D eigenvalue weighted by molar-refractivity contribution is 7.92. The number of benzene rings is 3. The summed E-state index contributed by atoms with van der Waals surface area (Å²) in [7, 11) is -3.80. The van der Waals surface area contributed by atoms with Crippen LogP contribution in [-0.2, 0) is 10.0 Å². The van der Waals surface area contributed by atoms with Crippen molar-refractivity contribution < 1.29 is 18.4 Å². The van der Waals surface area contributed by atoms with Gasteiger partial charge < -0.3 is 5.11 Å². The molecular formula is C22H20N3O5S-. The number of rotatable bonds is 6. The third kappa shape index (κ3) is 5.07. The number of nitrogens with one attached hydrogen (secondary N) is 1. The molecule has 0 saturated heterocycles. The molecule has 0 atom stereocenters. The van der Waals surface area contributed by atoms with Crippen LogP contribution in [-0.4, -0.2) is 19.6 Å². The third-order valence-corrected chi connectivity index (χ3v) is 5.98. The number of nitrogens with zero attached hydrogens (tertiary/aromatic N) is 2. The van der Waals surface area contributed by atoms with E-state index >= 15 is 0 Å². The van der Waals surface area contributed by atoms with Gasteiger partial charge in [-0.1, -0.05) is 29.5 Å². The molecule has 3 aromatic carbocycles. The summed E-state index contributed by atoms with van der Waals surface area (Å²) in [6, 6.07) is 13.0. The van der Waals surface area contributed by atoms with Gasteiger partial charge in [0.15, 0.2) is 0 Å². The second-order valence-corrected chi connectivity index (χ2v) is 8.79. The van der Waals surface area contributed by atoms with Crippen LogP contribution >= 0.6 is 0 Å². The van der Waals surface area contributed by atoms with E-state index < -0.39 is 20.7 Å². The van der Waals surface area contributed by atoms with Crippen molar-refractivity contribution in [2.75, 3.05) is 4.72 Å². The zero-order valence-electron chi connectivity index (χ0n) is 17.1. The van der Waals surface area contributed by atoms with E-state index in [-0.39, 0.29) is 16.1 Å². The molecule has 0 aliphatic heterocycles. The Morgan fingerprint density at radius 3 is 2.16 bits per heavy atom. The molecule has 160 valence electrons. The molecule has 0 bridgehead atoms. The second kappa shape index (κ2) is 8.57. The summed E-state index contributed by atoms with van der Waals surface area (Å²) in [6.07, 6.45) is 1.22. The predicted octanol–water partition coefficient (Wildman–Crippen LogP) is 4.15. The molecule has 0 radical (unpaired) electrons. The standard InChI is InChI=1S/C22H21N3O5S/c1-14-10-15(2)22(16(3)11-14)24-31(29,30)20-7-4-18(5-8-20)23-13-17-12-19(25(27)28)6-9-21(17)26/h4-13,24,26H,1-3H3/p-1. The molecule has 3 rings (SSSR count). The van der Waals surface area contributed by atoms with Crippen LogP contribution in [0.4, 0.5) is 17.1 Å². The van der Waals surface area contributed by atoms with Gasteiger partial charge in [-0.2, -0.15) is 0 Å². The maximum atomic E-state index is 12.8. The molecule has 0 saturated carbocycles. The Labute approximate surface area is 180 Å². The first-order valence-corrected chi connectivity index (χ1v) is 10.8. The van der Waals surface area contributed by atoms with Crippen LogP contribution in [0.25, 0.3) is 0 Å². The van der Waals surface area contributed by atoms with E-state index in [0.29, 0.717) is 11.4 Å². The Balaban J connectivity index is 1.82. The Morgan fingerprint density at radius 1 is 0.968 bits per heavy atom. The maximum Gasteiger partial charge on any atom is 0.270 e. The van der Waals surface area contributed by atoms with Gasteiger partial charge in [0.1, 0.15) is 0 Å². The summed E-state index contributed by atoms with van der Waals surface area (Å²) in [5, 5.41) is 22.7. The normalized spacial score (nSPS) is 11.6. The highest BCUT2D eigenvalue weighted by Gasteiger charge is 2.16. The molecule has 1 N–H and O–H groups in total. The SMILES string of the molecule is Cc1cc(C)c(NS(=O)(=O)c2ccc(N=Cc3cc([N+](=O)[O-])ccc3[O-])cc2)c(C)c1. The first kappa shape index (κ1) is 22.0. The number of nitro benzene ring substituents is 1. The van der Waals surface area contributed by atoms with Crippen molar-refractivity contribution in [1.29, 1.82) is 0 Å². The van der Waals surface area contributed by atoms with Gasteiger partial charge in [0.2, 0.25) is 0 Å². The molecule has 0 aliphatic carbocycles. The molecule has 0 unspecified atom stereocenters. The zero-order valence-corrected chi connectivity index (χ0v) is 17.9. The van der Waals surface area contributed by atoms with Crippen LogP contribution in [0.3, 0.4) is 0 Å². The van der Waals surface area contributed by atoms with Gasteiger partial charge >= 0.3 is 0 Å². The monoisotopic (exact) mass is 438 g/mol. The van der Waals surface area contributed by atoms with Gasteiger partial charge in [-0.15, -0.1) is 0 Å². The molecule has 31 heavy (non-hydrogen) atoms. The van der Waals surface area contributed by atoms with E-state index in [0.717, 1.165) is 34.9 Å². The van der Waals surface area contributed by atoms with E-state index in [4.69, 9.17) is 0 Å². The Kier molecular flexibility index (Phi) is 6.07. The fraction of sp³-hybridized carbons (Fsp3) is 0.136. The topological polar surface area (TPSA) is 125 Å². The lowest BCUT2D eigenvalue weighted by molar-refractivity contribution is -0.385. The van der Waals surface area contributed by atoms with Gasteiger partial charge in [-0.05, 0) is 61.7 Å². The number of aliphatic imine (C=N–C) groups is 1. The number of hydrogen-bond donors (Lipinski definition) is 1. The number of anilines is 1. The van der Waals surface area contributed by atoms with Crippen LogP contribution in [0, 0.1) is 30.9 Å². The molecule has 0 spiro atoms. The quantitative estimate of drug-likeness (QED) is 0.352. The van der Waals surface area contributed by atoms with Crippen molar-refractivity contribution >= 4 is 33.3 Å². The molecule has 0 aromatic heterocycles. The lowest BCUT2D eigenvalue weighted by Crippen LogP contribution is -2.14. The molecule has 8 nitrogen and oxygen atoms in total. The largest absolute Gasteiger partial charge is 0.872 e. The highest BCUT2D eigenvalue weighted by atomic mass is 32.2. The van der Waals surface area contributed by atoms with Crippen molar-refractivity contribution in [3.63, 3.8) is 0 Å². The molecule has 9 heteroatoms. The Morgan fingerprint density at radius 2 is 1.58 bits per heavy atom. The van der Waals surface area contributed by atoms with Crippen molar-refractivity contribution in [3.05, 3.63) is 87.0 Å². The van der Waals surface area contributed by atoms with E-state index in [1.54, 1.807) is 0 Å². The van der Waals surface area contributed by atoms with Gasteiger partial charge in [0.25, 0.3) is 15.7 Å². The summed E-state index contributed by atoms with van der Waals surface area (Å²) < 4.78 is 28.2. The first-order valence-electron chi connectivity index (χ1n) is 9.27. The van der Waals surface area contributed by atoms with Crippen LogP contribution in [0.15, 0.2) is 64.5 Å². The van der Waals surface area contributed by atoms with Gasteiger partial charge in [0.05, 0.1) is 21.2 Å². The first-order chi connectivity index (χ1) is 14.6. The van der Waals surface area contributed by atoms with Crippen LogP contribution < -0.4 is 9.83 Å². The predicted molar refractivity (Wildman–Crippen MR) is 118 cm³/mol. The molecule has 3 aromatic rings. The van der Waals surface area contributed by atoms with Gasteiger partial charge in [-0.3, -0.25) is 19.8 Å². The summed E-state index contributed by atoms with van der Waals surface area (Å²) in [4.78, 5) is 14.4. The van der Waals surface area contributed by atoms with Crippen LogP contribution in [0.1, 0.15) is 22.3 Å². The average Bonchev–Trinajstić information content (AvgIpc) is 2.70. The van der Waals surface area contributed by atoms with Crippen LogP contribution in [0.5, 0.6) is 5.75 Å². The molecule has 0 amide bonds. The summed E-state index contributed by atoms with van der Waals surface area (Å²) in [5.74, 6) is -0.401. The van der Waals surface area contributed by atoms with Crippen molar-refractivity contribution in [2.45, 2.75) is 25.7 Å². The smallest absolute Gasteiger partial charge is 0.270 e. The third-order valence-electron chi connectivity index (χ3n) is 4.62. The van der Waals surface area contributed by atoms with Crippen molar-refractivity contribution in [2.24, 2.45) is 4.99 Å². The fourth-order valence-electron chi connectivity index (χ4n) is 3.14. The van der Waals surface area contributed by atoms with E-state index in [9.17, 15) is 23.6 Å². The number of non-ortho nitro benzene ring substituents is 1. The average molecular weight is 438 g/mol. The minimum Gasteiger partial charge on any atom is -0.872 e. The molecule has 0 fully saturated rings. The second-order valence-electron chi connectivity index (χ2n) is 7.11. The lowest BCUT2D eigenvalue weighted by Gasteiger charge is -2.14. The van der Waals surface area contributed by atoms with E-state index in [1.807, 2.05) is 32.9 Å². The molecule has 0 heterocycles. The van der Waals surface area contributed by atoms with E-state index in [1.165, 1.54) is 30.5 Å². The number of aryl methyl sites for hydroxylation is 3. The number of hydrogen-bond acceptors (Lipinski definition) is 6. The summed E-state index contributed by atoms with van der Waals surface area (Å²) in [5.41, 5.74) is 3.49. The highest BCUT2D eigenvalue weighted by Crippen LogP contribution is 2.26. The van der Waals surface area contributed by atoms with Crippen molar-refractivity contribution in [1.82, 2.24) is 0 Å². The summed E-state index contributed by atoms with van der Waals surface area (Å²) in [6.45, 7) is 5.63. The minimum atomic E-state index is -3.80. The van der Waals surface area contributed by atoms with Gasteiger partial charge in [0, 0.05) is 18.3 Å². The maximum absolute atomic E-state index is 12.8.